The molecule has 0 atom stereocenters. The molecule has 1 aliphatic rings. The number of nitrogens with one attached hydrogen (secondary N) is 1. The molecule has 3 aromatic carbocycles. The molecule has 2 N–H and O–H groups in total. The standard InChI is InChI=1S/C34H31F2N5O7/c1-45-30-18-24-27(19-31(30)47-14-2-11-40-12-15-46-16-13-40)37-10-9-28(24)48-29-8-5-22(17-26(29)36)38-20-25-32(42)39-34(44)41(33(25)43)23-6-3-21(35)4-7-23/h3-10,17-20,43H,2,11-16H2,1H3,(H,39,42,44). The Morgan fingerprint density at radius 1 is 1.00 bits per heavy atom. The predicted octanol–water partition coefficient (Wildman–Crippen LogP) is 4.71. The van der Waals surface area contributed by atoms with Crippen molar-refractivity contribution < 1.29 is 32.8 Å². The first kappa shape index (κ1) is 32.3. The maximum atomic E-state index is 15.2. The van der Waals surface area contributed by atoms with Gasteiger partial charge in [-0.05, 0) is 55.0 Å². The molecule has 0 saturated carbocycles. The summed E-state index contributed by atoms with van der Waals surface area (Å²) in [6.07, 6.45) is 3.36. The van der Waals surface area contributed by atoms with Crippen molar-refractivity contribution in [1.29, 1.82) is 0 Å². The Morgan fingerprint density at radius 3 is 2.54 bits per heavy atom. The number of methoxy groups -OCH3 is 1. The van der Waals surface area contributed by atoms with E-state index in [1.54, 1.807) is 18.2 Å². The second-order valence-corrected chi connectivity index (χ2v) is 10.8. The number of morpholine rings is 1. The van der Waals surface area contributed by atoms with Gasteiger partial charge in [0.25, 0.3) is 5.56 Å². The lowest BCUT2D eigenvalue weighted by Crippen LogP contribution is -2.37. The van der Waals surface area contributed by atoms with Crippen LogP contribution in [-0.4, -0.2) is 77.3 Å². The number of nitrogens with zero attached hydrogens (tertiary/aromatic N) is 4. The van der Waals surface area contributed by atoms with Crippen LogP contribution in [0.25, 0.3) is 16.6 Å². The number of fused-ring (bicyclic) bond motifs is 1. The van der Waals surface area contributed by atoms with Crippen LogP contribution < -0.4 is 25.5 Å². The van der Waals surface area contributed by atoms with Crippen LogP contribution in [0.4, 0.5) is 14.5 Å². The number of aromatic hydroxyl groups is 1. The smallest absolute Gasteiger partial charge is 0.335 e. The summed E-state index contributed by atoms with van der Waals surface area (Å²) in [6, 6.07) is 13.7. The summed E-state index contributed by atoms with van der Waals surface area (Å²) < 4.78 is 52.3. The molecular weight excluding hydrogens is 628 g/mol. The fourth-order valence-corrected chi connectivity index (χ4v) is 5.18. The largest absolute Gasteiger partial charge is 0.493 e. The summed E-state index contributed by atoms with van der Waals surface area (Å²) in [6.45, 7) is 4.69. The van der Waals surface area contributed by atoms with Gasteiger partial charge >= 0.3 is 5.69 Å². The fourth-order valence-electron chi connectivity index (χ4n) is 5.18. The van der Waals surface area contributed by atoms with Crippen LogP contribution in [0.15, 0.2) is 81.4 Å². The van der Waals surface area contributed by atoms with Crippen molar-refractivity contribution in [2.24, 2.45) is 4.99 Å². The number of benzene rings is 3. The second kappa shape index (κ2) is 14.4. The highest BCUT2D eigenvalue weighted by Crippen LogP contribution is 2.38. The van der Waals surface area contributed by atoms with Crippen LogP contribution in [0.2, 0.25) is 0 Å². The maximum Gasteiger partial charge on any atom is 0.335 e. The zero-order valence-corrected chi connectivity index (χ0v) is 25.8. The zero-order valence-electron chi connectivity index (χ0n) is 25.8. The number of halogens is 2. The maximum absolute atomic E-state index is 15.2. The van der Waals surface area contributed by atoms with Gasteiger partial charge in [0.15, 0.2) is 23.1 Å². The molecule has 1 aliphatic heterocycles. The van der Waals surface area contributed by atoms with E-state index in [4.69, 9.17) is 18.9 Å². The first-order chi connectivity index (χ1) is 23.3. The van der Waals surface area contributed by atoms with Gasteiger partial charge in [-0.3, -0.25) is 24.7 Å². The predicted molar refractivity (Wildman–Crippen MR) is 174 cm³/mol. The Balaban J connectivity index is 1.18. The highest BCUT2D eigenvalue weighted by atomic mass is 19.1. The van der Waals surface area contributed by atoms with Crippen molar-refractivity contribution in [1.82, 2.24) is 19.4 Å². The molecule has 5 aromatic rings. The first-order valence-corrected chi connectivity index (χ1v) is 15.1. The summed E-state index contributed by atoms with van der Waals surface area (Å²) in [5.41, 5.74) is -1.45. The van der Waals surface area contributed by atoms with Gasteiger partial charge in [-0.25, -0.2) is 18.1 Å². The van der Waals surface area contributed by atoms with Gasteiger partial charge in [0.2, 0.25) is 5.88 Å². The molecule has 0 aliphatic carbocycles. The molecule has 0 bridgehead atoms. The molecule has 12 nitrogen and oxygen atoms in total. The van der Waals surface area contributed by atoms with E-state index in [1.165, 1.54) is 37.6 Å². The lowest BCUT2D eigenvalue weighted by molar-refractivity contribution is 0.0357. The van der Waals surface area contributed by atoms with Gasteiger partial charge in [-0.15, -0.1) is 0 Å². The van der Waals surface area contributed by atoms with Gasteiger partial charge < -0.3 is 24.1 Å². The monoisotopic (exact) mass is 659 g/mol. The van der Waals surface area contributed by atoms with E-state index in [0.29, 0.717) is 34.8 Å². The normalized spacial score (nSPS) is 13.6. The number of aliphatic imine (C=N–C) groups is 1. The molecule has 0 radical (unpaired) electrons. The highest BCUT2D eigenvalue weighted by Gasteiger charge is 2.17. The van der Waals surface area contributed by atoms with Crippen LogP contribution in [0.1, 0.15) is 12.0 Å². The Labute approximate surface area is 272 Å². The van der Waals surface area contributed by atoms with Crippen LogP contribution in [-0.2, 0) is 4.74 Å². The number of hydrogen-bond donors (Lipinski definition) is 2. The van der Waals surface area contributed by atoms with Crippen molar-refractivity contribution in [2.45, 2.75) is 6.42 Å². The zero-order chi connectivity index (χ0) is 33.6. The third-order valence-corrected chi connectivity index (χ3v) is 7.65. The van der Waals surface area contributed by atoms with E-state index in [0.717, 1.165) is 68.2 Å². The van der Waals surface area contributed by atoms with Crippen LogP contribution >= 0.6 is 0 Å². The summed E-state index contributed by atoms with van der Waals surface area (Å²) in [5, 5.41) is 11.3. The van der Waals surface area contributed by atoms with E-state index in [1.807, 2.05) is 0 Å². The van der Waals surface area contributed by atoms with Crippen LogP contribution in [0, 0.1) is 11.6 Å². The Bertz CT molecular complexity index is 2080. The van der Waals surface area contributed by atoms with Crippen molar-refractivity contribution in [3.05, 3.63) is 105 Å². The molecule has 2 aromatic heterocycles. The summed E-state index contributed by atoms with van der Waals surface area (Å²) in [4.78, 5) is 37.7. The number of aromatic amines is 1. The second-order valence-electron chi connectivity index (χ2n) is 10.8. The van der Waals surface area contributed by atoms with Crippen molar-refractivity contribution in [3.63, 3.8) is 0 Å². The Morgan fingerprint density at radius 2 is 1.79 bits per heavy atom. The molecule has 0 unspecified atom stereocenters. The minimum Gasteiger partial charge on any atom is -0.493 e. The number of pyridine rings is 1. The number of aromatic nitrogens is 3. The lowest BCUT2D eigenvalue weighted by Gasteiger charge is -2.26. The average Bonchev–Trinajstić information content (AvgIpc) is 3.08. The first-order valence-electron chi connectivity index (χ1n) is 15.1. The van der Waals surface area contributed by atoms with Crippen LogP contribution in [0.5, 0.6) is 28.9 Å². The van der Waals surface area contributed by atoms with E-state index in [9.17, 15) is 19.1 Å². The Kier molecular flexibility index (Phi) is 9.73. The average molecular weight is 660 g/mol. The topological polar surface area (TPSA) is 140 Å². The van der Waals surface area contributed by atoms with Crippen molar-refractivity contribution >= 4 is 22.8 Å². The number of hydrogen-bond acceptors (Lipinski definition) is 10. The Hall–Kier alpha value is -5.60. The molecule has 0 spiro atoms. The SMILES string of the molecule is COc1cc2c(Oc3ccc(N=Cc4c(O)n(-c5ccc(F)cc5)c(=O)[nH]c4=O)cc3F)ccnc2cc1OCCCN1CCOCC1. The van der Waals surface area contributed by atoms with Gasteiger partial charge in [-0.1, -0.05) is 0 Å². The number of ether oxygens (including phenoxy) is 4. The molecule has 0 amide bonds. The molecule has 6 rings (SSSR count). The molecule has 248 valence electrons. The molecule has 14 heteroatoms. The number of rotatable bonds is 11. The third-order valence-electron chi connectivity index (χ3n) is 7.65. The van der Waals surface area contributed by atoms with Gasteiger partial charge in [0, 0.05) is 49.6 Å². The van der Waals surface area contributed by atoms with Gasteiger partial charge in [0.05, 0.1) is 43.8 Å². The van der Waals surface area contributed by atoms with Gasteiger partial charge in [-0.2, -0.15) is 0 Å². The molecule has 48 heavy (non-hydrogen) atoms. The summed E-state index contributed by atoms with van der Waals surface area (Å²) in [5.74, 6) is -0.795. The lowest BCUT2D eigenvalue weighted by atomic mass is 10.1. The molecule has 3 heterocycles. The van der Waals surface area contributed by atoms with E-state index in [-0.39, 0.29) is 22.7 Å². The van der Waals surface area contributed by atoms with Gasteiger partial charge in [0.1, 0.15) is 17.1 Å². The minimum absolute atomic E-state index is 0.0925. The van der Waals surface area contributed by atoms with E-state index < -0.39 is 28.8 Å². The quantitative estimate of drug-likeness (QED) is 0.152. The molecular formula is C34H31F2N5O7. The molecule has 1 saturated heterocycles. The van der Waals surface area contributed by atoms with E-state index >= 15 is 4.39 Å². The van der Waals surface area contributed by atoms with Crippen molar-refractivity contribution in [3.8, 4) is 34.6 Å². The third kappa shape index (κ3) is 7.19. The van der Waals surface area contributed by atoms with Crippen LogP contribution in [0.3, 0.4) is 0 Å². The highest BCUT2D eigenvalue weighted by molar-refractivity contribution is 5.88. The number of H-pyrrole nitrogens is 1. The summed E-state index contributed by atoms with van der Waals surface area (Å²) >= 11 is 0. The fraction of sp³-hybridized carbons (Fsp3) is 0.235. The van der Waals surface area contributed by atoms with Crippen molar-refractivity contribution in [2.75, 3.05) is 46.6 Å². The van der Waals surface area contributed by atoms with E-state index in [2.05, 4.69) is 19.9 Å². The minimum atomic E-state index is -0.932. The molecule has 1 fully saturated rings. The summed E-state index contributed by atoms with van der Waals surface area (Å²) in [7, 11) is 1.53.